The molecule has 1 unspecified atom stereocenters. The van der Waals surface area contributed by atoms with Crippen LogP contribution in [0.3, 0.4) is 0 Å². The number of carbonyl (C=O) groups is 1. The summed E-state index contributed by atoms with van der Waals surface area (Å²) >= 11 is 4.72. The molecular formula is C11H14BrNO3S. The Bertz CT molecular complexity index is 423. The number of methoxy groups -OCH3 is 1. The van der Waals surface area contributed by atoms with Gasteiger partial charge in [0, 0.05) is 20.8 Å². The number of benzene rings is 1. The summed E-state index contributed by atoms with van der Waals surface area (Å²) in [5.74, 6) is -0.432. The molecule has 0 saturated carbocycles. The fraction of sp³-hybridized carbons (Fsp3) is 0.364. The first-order valence-corrected chi connectivity index (χ1v) is 6.63. The predicted octanol–water partition coefficient (Wildman–Crippen LogP) is 2.05. The van der Waals surface area contributed by atoms with Gasteiger partial charge in [-0.25, -0.2) is 4.79 Å². The smallest absolute Gasteiger partial charge is 0.338 e. The number of ether oxygens (including phenoxy) is 1. The van der Waals surface area contributed by atoms with E-state index < -0.39 is 11.6 Å². The number of esters is 1. The fourth-order valence-electron chi connectivity index (χ4n) is 1.13. The van der Waals surface area contributed by atoms with Gasteiger partial charge in [0.05, 0.1) is 7.11 Å². The molecule has 0 amide bonds. The highest BCUT2D eigenvalue weighted by Gasteiger charge is 2.31. The minimum absolute atomic E-state index is 0.211. The molecule has 3 N–H and O–H groups in total. The van der Waals surface area contributed by atoms with Crippen molar-refractivity contribution >= 4 is 39.3 Å². The molecule has 0 radical (unpaired) electrons. The first kappa shape index (κ1) is 14.3. The quantitative estimate of drug-likeness (QED) is 0.505. The van der Waals surface area contributed by atoms with Gasteiger partial charge < -0.3 is 15.6 Å². The lowest BCUT2D eigenvalue weighted by molar-refractivity contribution is -0.158. The van der Waals surface area contributed by atoms with E-state index >= 15 is 0 Å². The number of hydrogen-bond donors (Lipinski definition) is 2. The highest BCUT2D eigenvalue weighted by Crippen LogP contribution is 2.31. The Hall–Kier alpha value is -0.720. The standard InChI is InChI=1S/C11H14BrNO3S/c1-11(15,10(14)16-2)6-17-9-4-3-7(13)5-8(9)12/h3-5,15H,6,13H2,1-2H3. The monoisotopic (exact) mass is 319 g/mol. The Balaban J connectivity index is 2.70. The van der Waals surface area contributed by atoms with E-state index in [2.05, 4.69) is 20.7 Å². The van der Waals surface area contributed by atoms with E-state index in [9.17, 15) is 9.90 Å². The van der Waals surface area contributed by atoms with Crippen LogP contribution in [0.2, 0.25) is 0 Å². The molecule has 0 aliphatic rings. The van der Waals surface area contributed by atoms with Crippen LogP contribution in [-0.2, 0) is 9.53 Å². The number of anilines is 1. The summed E-state index contributed by atoms with van der Waals surface area (Å²) in [6.07, 6.45) is 0. The molecular weight excluding hydrogens is 306 g/mol. The van der Waals surface area contributed by atoms with Crippen LogP contribution in [0.5, 0.6) is 0 Å². The predicted molar refractivity (Wildman–Crippen MR) is 71.9 cm³/mol. The Morgan fingerprint density at radius 2 is 2.29 bits per heavy atom. The van der Waals surface area contributed by atoms with Crippen LogP contribution in [0, 0.1) is 0 Å². The fourth-order valence-corrected chi connectivity index (χ4v) is 2.79. The number of carbonyl (C=O) groups excluding carboxylic acids is 1. The second-order valence-electron chi connectivity index (χ2n) is 3.74. The Kier molecular flexibility index (Phi) is 4.85. The van der Waals surface area contributed by atoms with E-state index in [4.69, 9.17) is 5.73 Å². The molecule has 0 aliphatic heterocycles. The van der Waals surface area contributed by atoms with Crippen molar-refractivity contribution in [1.29, 1.82) is 0 Å². The van der Waals surface area contributed by atoms with Gasteiger partial charge in [-0.1, -0.05) is 0 Å². The molecule has 94 valence electrons. The summed E-state index contributed by atoms with van der Waals surface area (Å²) in [4.78, 5) is 12.2. The van der Waals surface area contributed by atoms with E-state index in [0.29, 0.717) is 5.69 Å². The second kappa shape index (κ2) is 5.75. The highest BCUT2D eigenvalue weighted by molar-refractivity contribution is 9.10. The maximum absolute atomic E-state index is 11.3. The highest BCUT2D eigenvalue weighted by atomic mass is 79.9. The number of nitrogens with two attached hydrogens (primary N) is 1. The molecule has 0 bridgehead atoms. The van der Waals surface area contributed by atoms with Gasteiger partial charge in [0.25, 0.3) is 0 Å². The minimum Gasteiger partial charge on any atom is -0.467 e. The van der Waals surface area contributed by atoms with E-state index in [1.54, 1.807) is 12.1 Å². The first-order valence-electron chi connectivity index (χ1n) is 4.85. The van der Waals surface area contributed by atoms with Gasteiger partial charge in [0.15, 0.2) is 5.60 Å². The second-order valence-corrected chi connectivity index (χ2v) is 5.62. The number of thioether (sulfide) groups is 1. The molecule has 4 nitrogen and oxygen atoms in total. The summed E-state index contributed by atoms with van der Waals surface area (Å²) in [5.41, 5.74) is 4.77. The lowest BCUT2D eigenvalue weighted by Gasteiger charge is -2.19. The van der Waals surface area contributed by atoms with Crippen molar-refractivity contribution in [3.8, 4) is 0 Å². The molecule has 0 spiro atoms. The molecule has 0 heterocycles. The molecule has 1 rings (SSSR count). The number of aliphatic hydroxyl groups is 1. The van der Waals surface area contributed by atoms with E-state index in [0.717, 1.165) is 9.37 Å². The van der Waals surface area contributed by atoms with Crippen molar-refractivity contribution in [1.82, 2.24) is 0 Å². The molecule has 0 aromatic heterocycles. The third-order valence-corrected chi connectivity index (χ3v) is 4.38. The lowest BCUT2D eigenvalue weighted by Crippen LogP contribution is -2.38. The van der Waals surface area contributed by atoms with E-state index in [1.807, 2.05) is 6.07 Å². The Morgan fingerprint density at radius 3 is 2.82 bits per heavy atom. The largest absolute Gasteiger partial charge is 0.467 e. The van der Waals surface area contributed by atoms with Crippen LogP contribution in [0.25, 0.3) is 0 Å². The van der Waals surface area contributed by atoms with Gasteiger partial charge in [-0.3, -0.25) is 0 Å². The van der Waals surface area contributed by atoms with Gasteiger partial charge in [0.2, 0.25) is 0 Å². The number of halogens is 1. The van der Waals surface area contributed by atoms with Crippen LogP contribution in [-0.4, -0.2) is 29.5 Å². The molecule has 1 atom stereocenters. The van der Waals surface area contributed by atoms with Crippen molar-refractivity contribution < 1.29 is 14.6 Å². The average Bonchev–Trinajstić information content (AvgIpc) is 2.26. The maximum Gasteiger partial charge on any atom is 0.338 e. The number of nitrogen functional groups attached to an aromatic ring is 1. The molecule has 1 aromatic rings. The summed E-state index contributed by atoms with van der Waals surface area (Å²) in [7, 11) is 1.25. The van der Waals surface area contributed by atoms with Crippen molar-refractivity contribution in [3.63, 3.8) is 0 Å². The van der Waals surface area contributed by atoms with Gasteiger partial charge in [-0.15, -0.1) is 11.8 Å². The van der Waals surface area contributed by atoms with Crippen molar-refractivity contribution in [3.05, 3.63) is 22.7 Å². The van der Waals surface area contributed by atoms with Gasteiger partial charge in [-0.2, -0.15) is 0 Å². The third-order valence-electron chi connectivity index (χ3n) is 2.09. The normalized spacial score (nSPS) is 14.1. The van der Waals surface area contributed by atoms with Crippen LogP contribution in [0.1, 0.15) is 6.92 Å². The van der Waals surface area contributed by atoms with Crippen LogP contribution < -0.4 is 5.73 Å². The van der Waals surface area contributed by atoms with Crippen molar-refractivity contribution in [2.24, 2.45) is 0 Å². The van der Waals surface area contributed by atoms with Gasteiger partial charge >= 0.3 is 5.97 Å². The van der Waals surface area contributed by atoms with Gasteiger partial charge in [-0.05, 0) is 41.1 Å². The van der Waals surface area contributed by atoms with Crippen LogP contribution in [0.15, 0.2) is 27.6 Å². The SMILES string of the molecule is COC(=O)C(C)(O)CSc1ccc(N)cc1Br. The lowest BCUT2D eigenvalue weighted by atomic mass is 10.1. The molecule has 6 heteroatoms. The topological polar surface area (TPSA) is 72.5 Å². The molecule has 17 heavy (non-hydrogen) atoms. The van der Waals surface area contributed by atoms with Crippen LogP contribution in [0.4, 0.5) is 5.69 Å². The molecule has 0 saturated heterocycles. The zero-order valence-electron chi connectivity index (χ0n) is 9.57. The number of rotatable bonds is 4. The van der Waals surface area contributed by atoms with Crippen molar-refractivity contribution in [2.75, 3.05) is 18.6 Å². The molecule has 1 aromatic carbocycles. The van der Waals surface area contributed by atoms with Crippen LogP contribution >= 0.6 is 27.7 Å². The van der Waals surface area contributed by atoms with Gasteiger partial charge in [0.1, 0.15) is 0 Å². The summed E-state index contributed by atoms with van der Waals surface area (Å²) in [6, 6.07) is 5.37. The zero-order valence-corrected chi connectivity index (χ0v) is 12.0. The third kappa shape index (κ3) is 3.90. The van der Waals surface area contributed by atoms with Crippen molar-refractivity contribution in [2.45, 2.75) is 17.4 Å². The van der Waals surface area contributed by atoms with E-state index in [-0.39, 0.29) is 5.75 Å². The zero-order chi connectivity index (χ0) is 13.1. The Labute approximate surface area is 113 Å². The number of hydrogen-bond acceptors (Lipinski definition) is 5. The van der Waals surface area contributed by atoms with E-state index in [1.165, 1.54) is 25.8 Å². The maximum atomic E-state index is 11.3. The first-order chi connectivity index (χ1) is 7.86. The summed E-state index contributed by atoms with van der Waals surface area (Å²) < 4.78 is 5.36. The Morgan fingerprint density at radius 1 is 1.65 bits per heavy atom. The average molecular weight is 320 g/mol. The molecule has 0 fully saturated rings. The molecule has 0 aliphatic carbocycles. The minimum atomic E-state index is -1.50. The summed E-state index contributed by atoms with van der Waals surface area (Å²) in [6.45, 7) is 1.43. The summed E-state index contributed by atoms with van der Waals surface area (Å²) in [5, 5.41) is 9.85.